The highest BCUT2D eigenvalue weighted by atomic mass is 35.5. The smallest absolute Gasteiger partial charge is 0.255 e. The molecule has 2 heterocycles. The quantitative estimate of drug-likeness (QED) is 0.837. The second-order valence-electron chi connectivity index (χ2n) is 6.02. The molecule has 0 saturated carbocycles. The highest BCUT2D eigenvalue weighted by molar-refractivity contribution is 6.33. The molecule has 0 bridgehead atoms. The summed E-state index contributed by atoms with van der Waals surface area (Å²) in [7, 11) is 2.13. The van der Waals surface area contributed by atoms with E-state index in [2.05, 4.69) is 11.9 Å². The molecule has 0 aliphatic carbocycles. The summed E-state index contributed by atoms with van der Waals surface area (Å²) in [4.78, 5) is 17.0. The second kappa shape index (κ2) is 5.93. The lowest BCUT2D eigenvalue weighted by molar-refractivity contribution is 0.0664. The molecule has 2 aliphatic rings. The van der Waals surface area contributed by atoms with E-state index in [1.807, 2.05) is 4.90 Å². The molecule has 2 aliphatic heterocycles. The SMILES string of the molecule is CN1CCCC1C1CCCN1C(=O)c1ccc(F)cc1Cl. The molecule has 0 aromatic heterocycles. The molecule has 2 atom stereocenters. The maximum Gasteiger partial charge on any atom is 0.255 e. The molecule has 0 spiro atoms. The maximum absolute atomic E-state index is 13.1. The Labute approximate surface area is 129 Å². The normalized spacial score (nSPS) is 26.5. The number of likely N-dealkylation sites (tertiary alicyclic amines) is 2. The fraction of sp³-hybridized carbons (Fsp3) is 0.562. The zero-order valence-electron chi connectivity index (χ0n) is 12.2. The molecule has 1 aromatic carbocycles. The first-order valence-corrected chi connectivity index (χ1v) is 7.92. The summed E-state index contributed by atoms with van der Waals surface area (Å²) in [6, 6.07) is 4.70. The maximum atomic E-state index is 13.1. The highest BCUT2D eigenvalue weighted by Crippen LogP contribution is 2.31. The summed E-state index contributed by atoms with van der Waals surface area (Å²) >= 11 is 6.04. The van der Waals surface area contributed by atoms with Crippen molar-refractivity contribution in [3.05, 3.63) is 34.6 Å². The Morgan fingerprint density at radius 3 is 2.62 bits per heavy atom. The Hall–Kier alpha value is -1.13. The lowest BCUT2D eigenvalue weighted by Gasteiger charge is -2.33. The number of nitrogens with zero attached hydrogens (tertiary/aromatic N) is 2. The molecule has 3 nitrogen and oxygen atoms in total. The molecule has 114 valence electrons. The molecule has 2 unspecified atom stereocenters. The number of likely N-dealkylation sites (N-methyl/N-ethyl adjacent to an activating group) is 1. The van der Waals surface area contributed by atoms with Gasteiger partial charge in [-0.05, 0) is 57.5 Å². The van der Waals surface area contributed by atoms with E-state index >= 15 is 0 Å². The van der Waals surface area contributed by atoms with Crippen LogP contribution >= 0.6 is 11.6 Å². The Balaban J connectivity index is 1.82. The number of benzene rings is 1. The Bertz CT molecular complexity index is 551. The van der Waals surface area contributed by atoms with E-state index in [9.17, 15) is 9.18 Å². The number of halogens is 2. The van der Waals surface area contributed by atoms with Crippen LogP contribution in [0.5, 0.6) is 0 Å². The van der Waals surface area contributed by atoms with E-state index in [1.54, 1.807) is 0 Å². The Morgan fingerprint density at radius 1 is 1.24 bits per heavy atom. The molecule has 0 radical (unpaired) electrons. The number of amides is 1. The molecular formula is C16H20ClFN2O. The van der Waals surface area contributed by atoms with Crippen LogP contribution in [-0.2, 0) is 0 Å². The first-order valence-electron chi connectivity index (χ1n) is 7.54. The van der Waals surface area contributed by atoms with Crippen molar-refractivity contribution in [1.82, 2.24) is 9.80 Å². The molecule has 21 heavy (non-hydrogen) atoms. The third-order valence-corrected chi connectivity index (χ3v) is 5.06. The summed E-state index contributed by atoms with van der Waals surface area (Å²) < 4.78 is 13.1. The van der Waals surface area contributed by atoms with Crippen LogP contribution < -0.4 is 0 Å². The number of carbonyl (C=O) groups excluding carboxylic acids is 1. The summed E-state index contributed by atoms with van der Waals surface area (Å²) in [5.41, 5.74) is 0.408. The zero-order chi connectivity index (χ0) is 15.0. The average molecular weight is 311 g/mol. The Kier molecular flexibility index (Phi) is 4.18. The van der Waals surface area contributed by atoms with Crippen LogP contribution in [0.3, 0.4) is 0 Å². The van der Waals surface area contributed by atoms with Gasteiger partial charge in [-0.3, -0.25) is 4.79 Å². The van der Waals surface area contributed by atoms with Gasteiger partial charge in [0.1, 0.15) is 5.82 Å². The first kappa shape index (κ1) is 14.8. The van der Waals surface area contributed by atoms with Gasteiger partial charge >= 0.3 is 0 Å². The first-order chi connectivity index (χ1) is 10.1. The molecule has 2 fully saturated rings. The minimum atomic E-state index is -0.412. The van der Waals surface area contributed by atoms with Gasteiger partial charge in [-0.1, -0.05) is 11.6 Å². The summed E-state index contributed by atoms with van der Waals surface area (Å²) in [6.07, 6.45) is 4.40. The van der Waals surface area contributed by atoms with Crippen molar-refractivity contribution in [2.24, 2.45) is 0 Å². The minimum Gasteiger partial charge on any atom is -0.334 e. The number of rotatable bonds is 2. The van der Waals surface area contributed by atoms with Gasteiger partial charge in [0.25, 0.3) is 5.91 Å². The molecule has 0 N–H and O–H groups in total. The summed E-state index contributed by atoms with van der Waals surface area (Å²) in [5.74, 6) is -0.479. The van der Waals surface area contributed by atoms with Gasteiger partial charge in [-0.2, -0.15) is 0 Å². The van der Waals surface area contributed by atoms with E-state index in [4.69, 9.17) is 11.6 Å². The van der Waals surface area contributed by atoms with Crippen LogP contribution in [0.1, 0.15) is 36.0 Å². The average Bonchev–Trinajstić information content (AvgIpc) is 3.06. The molecule has 1 amide bonds. The zero-order valence-corrected chi connectivity index (χ0v) is 12.9. The van der Waals surface area contributed by atoms with Crippen molar-refractivity contribution in [3.63, 3.8) is 0 Å². The monoisotopic (exact) mass is 310 g/mol. The Morgan fingerprint density at radius 2 is 1.95 bits per heavy atom. The van der Waals surface area contributed by atoms with Gasteiger partial charge in [-0.15, -0.1) is 0 Å². The third-order valence-electron chi connectivity index (χ3n) is 4.74. The van der Waals surface area contributed by atoms with Crippen LogP contribution in [0, 0.1) is 5.82 Å². The molecule has 5 heteroatoms. The van der Waals surface area contributed by atoms with E-state index in [1.165, 1.54) is 24.6 Å². The molecular weight excluding hydrogens is 291 g/mol. The van der Waals surface area contributed by atoms with Crippen LogP contribution in [0.4, 0.5) is 4.39 Å². The number of hydrogen-bond donors (Lipinski definition) is 0. The molecule has 2 saturated heterocycles. The van der Waals surface area contributed by atoms with Crippen LogP contribution in [-0.4, -0.2) is 47.9 Å². The van der Waals surface area contributed by atoms with Gasteiger partial charge in [0.2, 0.25) is 0 Å². The van der Waals surface area contributed by atoms with Crippen molar-refractivity contribution in [2.75, 3.05) is 20.1 Å². The van der Waals surface area contributed by atoms with Crippen molar-refractivity contribution >= 4 is 17.5 Å². The van der Waals surface area contributed by atoms with Gasteiger partial charge in [0, 0.05) is 18.6 Å². The second-order valence-corrected chi connectivity index (χ2v) is 6.43. The lowest BCUT2D eigenvalue weighted by Crippen LogP contribution is -2.47. The van der Waals surface area contributed by atoms with E-state index in [0.717, 1.165) is 32.4 Å². The lowest BCUT2D eigenvalue weighted by atomic mass is 10.0. The highest BCUT2D eigenvalue weighted by Gasteiger charge is 2.38. The van der Waals surface area contributed by atoms with Crippen molar-refractivity contribution in [3.8, 4) is 0 Å². The summed E-state index contributed by atoms with van der Waals surface area (Å²) in [6.45, 7) is 1.86. The third kappa shape index (κ3) is 2.79. The molecule has 1 aromatic rings. The number of carbonyl (C=O) groups is 1. The van der Waals surface area contributed by atoms with E-state index in [-0.39, 0.29) is 17.0 Å². The summed E-state index contributed by atoms with van der Waals surface area (Å²) in [5, 5.41) is 0.199. The minimum absolute atomic E-state index is 0.0669. The van der Waals surface area contributed by atoms with Gasteiger partial charge in [0.15, 0.2) is 0 Å². The van der Waals surface area contributed by atoms with E-state index in [0.29, 0.717) is 11.6 Å². The van der Waals surface area contributed by atoms with Crippen LogP contribution in [0.2, 0.25) is 5.02 Å². The van der Waals surface area contributed by atoms with Crippen molar-refractivity contribution in [1.29, 1.82) is 0 Å². The van der Waals surface area contributed by atoms with E-state index < -0.39 is 5.82 Å². The predicted octanol–water partition coefficient (Wildman–Crippen LogP) is 3.18. The fourth-order valence-corrected chi connectivity index (χ4v) is 3.93. The van der Waals surface area contributed by atoms with Crippen LogP contribution in [0.15, 0.2) is 18.2 Å². The largest absolute Gasteiger partial charge is 0.334 e. The topological polar surface area (TPSA) is 23.6 Å². The molecule has 3 rings (SSSR count). The van der Waals surface area contributed by atoms with Gasteiger partial charge in [-0.25, -0.2) is 4.39 Å². The predicted molar refractivity (Wildman–Crippen MR) is 81.1 cm³/mol. The van der Waals surface area contributed by atoms with Gasteiger partial charge in [0.05, 0.1) is 10.6 Å². The van der Waals surface area contributed by atoms with Crippen LogP contribution in [0.25, 0.3) is 0 Å². The number of hydrogen-bond acceptors (Lipinski definition) is 2. The van der Waals surface area contributed by atoms with Gasteiger partial charge < -0.3 is 9.80 Å². The standard InChI is InChI=1S/C16H20ClFN2O/c1-19-8-2-4-14(19)15-5-3-9-20(15)16(21)12-7-6-11(18)10-13(12)17/h6-7,10,14-15H,2-5,8-9H2,1H3. The fourth-order valence-electron chi connectivity index (χ4n) is 3.68. The van der Waals surface area contributed by atoms with Crippen molar-refractivity contribution in [2.45, 2.75) is 37.8 Å². The van der Waals surface area contributed by atoms with Crippen molar-refractivity contribution < 1.29 is 9.18 Å².